The van der Waals surface area contributed by atoms with Crippen molar-refractivity contribution in [2.45, 2.75) is 19.9 Å². The topological polar surface area (TPSA) is 74.7 Å². The average molecular weight is 245 g/mol. The minimum Gasteiger partial charge on any atom is -0.357 e. The zero-order chi connectivity index (χ0) is 11.4. The monoisotopic (exact) mass is 244 g/mol. The number of nitrogens with zero attached hydrogens (tertiary/aromatic N) is 2. The van der Waals surface area contributed by atoms with Crippen molar-refractivity contribution in [2.75, 3.05) is 11.9 Å². The molecule has 3 N–H and O–H groups in total. The maximum absolute atomic E-state index is 8.72. The van der Waals surface area contributed by atoms with Crippen LogP contribution in [-0.4, -0.2) is 17.6 Å². The molecule has 1 aromatic heterocycles. The minimum absolute atomic E-state index is 0.152. The van der Waals surface area contributed by atoms with Gasteiger partial charge in [-0.1, -0.05) is 36.8 Å². The highest BCUT2D eigenvalue weighted by molar-refractivity contribution is 7.16. The van der Waals surface area contributed by atoms with Gasteiger partial charge < -0.3 is 11.1 Å². The highest BCUT2D eigenvalue weighted by Crippen LogP contribution is 2.26. The quantitative estimate of drug-likeness (QED) is 0.850. The fourth-order valence-electron chi connectivity index (χ4n) is 1.09. The molecular formula is C9H13ClN4S. The number of nitrogens with one attached hydrogen (secondary N) is 1. The Morgan fingerprint density at radius 1 is 1.67 bits per heavy atom. The number of hydrogen-bond donors (Lipinski definition) is 2. The highest BCUT2D eigenvalue weighted by atomic mass is 35.5. The van der Waals surface area contributed by atoms with Crippen LogP contribution in [0.3, 0.4) is 0 Å². The van der Waals surface area contributed by atoms with Crippen molar-refractivity contribution >= 4 is 28.1 Å². The molecule has 6 heteroatoms. The number of anilines is 1. The van der Waals surface area contributed by atoms with Crippen LogP contribution in [-0.2, 0) is 0 Å². The molecule has 0 spiro atoms. The van der Waals surface area contributed by atoms with E-state index in [9.17, 15) is 0 Å². The van der Waals surface area contributed by atoms with Crippen molar-refractivity contribution in [3.05, 3.63) is 10.0 Å². The van der Waals surface area contributed by atoms with Gasteiger partial charge in [0, 0.05) is 12.6 Å². The van der Waals surface area contributed by atoms with Crippen LogP contribution >= 0.6 is 22.9 Å². The van der Waals surface area contributed by atoms with Crippen molar-refractivity contribution in [1.29, 1.82) is 5.26 Å². The molecule has 1 aromatic rings. The third kappa shape index (κ3) is 3.06. The molecule has 0 aliphatic rings. The van der Waals surface area contributed by atoms with Crippen molar-refractivity contribution in [3.63, 3.8) is 0 Å². The summed E-state index contributed by atoms with van der Waals surface area (Å²) in [4.78, 5) is 4.48. The van der Waals surface area contributed by atoms with Crippen LogP contribution < -0.4 is 11.1 Å². The van der Waals surface area contributed by atoms with Crippen LogP contribution in [0.5, 0.6) is 0 Å². The van der Waals surface area contributed by atoms with E-state index >= 15 is 0 Å². The SMILES string of the molecule is CC(C)C(CN)Nc1nc(Cl)c(C#N)s1. The molecule has 0 amide bonds. The lowest BCUT2D eigenvalue weighted by molar-refractivity contribution is 0.531. The first-order valence-corrected chi connectivity index (χ1v) is 5.81. The van der Waals surface area contributed by atoms with Gasteiger partial charge in [0.1, 0.15) is 10.9 Å². The number of hydrogen-bond acceptors (Lipinski definition) is 5. The van der Waals surface area contributed by atoms with Gasteiger partial charge in [-0.3, -0.25) is 0 Å². The third-order valence-electron chi connectivity index (χ3n) is 2.05. The van der Waals surface area contributed by atoms with E-state index in [4.69, 9.17) is 22.6 Å². The van der Waals surface area contributed by atoms with Gasteiger partial charge in [0.25, 0.3) is 0 Å². The molecule has 1 rings (SSSR count). The second-order valence-electron chi connectivity index (χ2n) is 3.48. The normalized spacial score (nSPS) is 12.5. The van der Waals surface area contributed by atoms with E-state index in [-0.39, 0.29) is 11.2 Å². The Hall–Kier alpha value is -0.830. The molecule has 1 unspecified atom stereocenters. The maximum Gasteiger partial charge on any atom is 0.185 e. The summed E-state index contributed by atoms with van der Waals surface area (Å²) >= 11 is 7.01. The number of aromatic nitrogens is 1. The molecule has 4 nitrogen and oxygen atoms in total. The molecule has 0 aliphatic heterocycles. The van der Waals surface area contributed by atoms with Gasteiger partial charge in [-0.25, -0.2) is 4.98 Å². The van der Waals surface area contributed by atoms with E-state index in [0.717, 1.165) is 0 Å². The first kappa shape index (κ1) is 12.2. The van der Waals surface area contributed by atoms with Crippen molar-refractivity contribution < 1.29 is 0 Å². The maximum atomic E-state index is 8.72. The minimum atomic E-state index is 0.152. The molecule has 82 valence electrons. The lowest BCUT2D eigenvalue weighted by atomic mass is 10.1. The predicted molar refractivity (Wildman–Crippen MR) is 63.1 cm³/mol. The first-order chi connectivity index (χ1) is 7.08. The van der Waals surface area contributed by atoms with E-state index in [0.29, 0.717) is 22.5 Å². The summed E-state index contributed by atoms with van der Waals surface area (Å²) in [7, 11) is 0. The first-order valence-electron chi connectivity index (χ1n) is 4.61. The molecule has 0 saturated heterocycles. The number of nitrogens with two attached hydrogens (primary N) is 1. The highest BCUT2D eigenvalue weighted by Gasteiger charge is 2.15. The van der Waals surface area contributed by atoms with E-state index in [2.05, 4.69) is 24.1 Å². The molecular weight excluding hydrogens is 232 g/mol. The zero-order valence-electron chi connectivity index (χ0n) is 8.62. The Balaban J connectivity index is 2.76. The van der Waals surface area contributed by atoms with Crippen LogP contribution in [0.4, 0.5) is 5.13 Å². The smallest absolute Gasteiger partial charge is 0.185 e. The number of rotatable bonds is 4. The molecule has 15 heavy (non-hydrogen) atoms. The van der Waals surface area contributed by atoms with Crippen LogP contribution in [0.2, 0.25) is 5.15 Å². The number of thiazole rings is 1. The predicted octanol–water partition coefficient (Wildman–Crippen LogP) is 2.06. The Labute approximate surface area is 98.1 Å². The summed E-state index contributed by atoms with van der Waals surface area (Å²) < 4.78 is 0. The molecule has 0 bridgehead atoms. The summed E-state index contributed by atoms with van der Waals surface area (Å²) in [6.45, 7) is 4.67. The Morgan fingerprint density at radius 2 is 2.33 bits per heavy atom. The van der Waals surface area contributed by atoms with Gasteiger partial charge in [0.05, 0.1) is 0 Å². The number of halogens is 1. The largest absolute Gasteiger partial charge is 0.357 e. The summed E-state index contributed by atoms with van der Waals surface area (Å²) in [5.74, 6) is 0.406. The molecule has 0 radical (unpaired) electrons. The summed E-state index contributed by atoms with van der Waals surface area (Å²) in [5, 5.41) is 12.8. The van der Waals surface area contributed by atoms with Crippen LogP contribution in [0.1, 0.15) is 18.7 Å². The summed E-state index contributed by atoms with van der Waals surface area (Å²) in [6, 6.07) is 2.14. The summed E-state index contributed by atoms with van der Waals surface area (Å²) in [5.41, 5.74) is 5.62. The Morgan fingerprint density at radius 3 is 2.73 bits per heavy atom. The summed E-state index contributed by atoms with van der Waals surface area (Å²) in [6.07, 6.45) is 0. The van der Waals surface area contributed by atoms with Crippen molar-refractivity contribution in [1.82, 2.24) is 4.98 Å². The van der Waals surface area contributed by atoms with Crippen LogP contribution in [0.15, 0.2) is 0 Å². The average Bonchev–Trinajstić information content (AvgIpc) is 2.54. The fourth-order valence-corrected chi connectivity index (χ4v) is 2.10. The standard InChI is InChI=1S/C9H13ClN4S/c1-5(2)6(3-11)13-9-14-8(10)7(4-12)15-9/h5-6H,3,11H2,1-2H3,(H,13,14). The fraction of sp³-hybridized carbons (Fsp3) is 0.556. The molecule has 0 aliphatic carbocycles. The molecule has 0 saturated carbocycles. The molecule has 1 heterocycles. The van der Waals surface area contributed by atoms with E-state index in [1.807, 2.05) is 6.07 Å². The van der Waals surface area contributed by atoms with E-state index < -0.39 is 0 Å². The van der Waals surface area contributed by atoms with Gasteiger partial charge in [-0.15, -0.1) is 0 Å². The second-order valence-corrected chi connectivity index (χ2v) is 4.84. The number of nitriles is 1. The lowest BCUT2D eigenvalue weighted by Gasteiger charge is -2.19. The second kappa shape index (κ2) is 5.31. The van der Waals surface area contributed by atoms with E-state index in [1.165, 1.54) is 11.3 Å². The lowest BCUT2D eigenvalue weighted by Crippen LogP contribution is -2.33. The Kier molecular flexibility index (Phi) is 4.33. The molecule has 0 aromatic carbocycles. The zero-order valence-corrected chi connectivity index (χ0v) is 10.2. The van der Waals surface area contributed by atoms with Gasteiger partial charge >= 0.3 is 0 Å². The van der Waals surface area contributed by atoms with Crippen LogP contribution in [0, 0.1) is 17.2 Å². The van der Waals surface area contributed by atoms with Gasteiger partial charge in [0.15, 0.2) is 10.3 Å². The van der Waals surface area contributed by atoms with Crippen LogP contribution in [0.25, 0.3) is 0 Å². The molecule has 0 fully saturated rings. The van der Waals surface area contributed by atoms with E-state index in [1.54, 1.807) is 0 Å². The van der Waals surface area contributed by atoms with Crippen molar-refractivity contribution in [3.8, 4) is 6.07 Å². The Bertz CT molecular complexity index is 369. The van der Waals surface area contributed by atoms with Gasteiger partial charge in [0.2, 0.25) is 0 Å². The van der Waals surface area contributed by atoms with Crippen molar-refractivity contribution in [2.24, 2.45) is 11.7 Å². The van der Waals surface area contributed by atoms with Gasteiger partial charge in [-0.2, -0.15) is 5.26 Å². The molecule has 1 atom stereocenters. The third-order valence-corrected chi connectivity index (χ3v) is 3.33. The van der Waals surface area contributed by atoms with Gasteiger partial charge in [-0.05, 0) is 5.92 Å².